The van der Waals surface area contributed by atoms with Crippen molar-refractivity contribution in [3.8, 4) is 0 Å². The number of hydrogen-bond donors (Lipinski definition) is 1. The Balaban J connectivity index is 2.45. The summed E-state index contributed by atoms with van der Waals surface area (Å²) < 4.78 is 0. The molecule has 1 heterocycles. The molecule has 96 valence electrons. The molecule has 0 saturated carbocycles. The van der Waals surface area contributed by atoms with Crippen molar-refractivity contribution in [2.24, 2.45) is 0 Å². The van der Waals surface area contributed by atoms with Gasteiger partial charge in [0.2, 0.25) is 0 Å². The molecule has 0 aliphatic heterocycles. The van der Waals surface area contributed by atoms with Gasteiger partial charge < -0.3 is 5.32 Å². The molecule has 1 N–H and O–H groups in total. The first kappa shape index (κ1) is 13.2. The number of nitrogens with one attached hydrogen (secondary N) is 1. The molecule has 2 rings (SSSR count). The van der Waals surface area contributed by atoms with E-state index in [1.165, 1.54) is 16.0 Å². The summed E-state index contributed by atoms with van der Waals surface area (Å²) in [6.45, 7) is 6.41. The van der Waals surface area contributed by atoms with Crippen molar-refractivity contribution >= 4 is 11.3 Å². The van der Waals surface area contributed by atoms with Crippen molar-refractivity contribution in [2.75, 3.05) is 7.05 Å². The van der Waals surface area contributed by atoms with E-state index < -0.39 is 0 Å². The van der Waals surface area contributed by atoms with Crippen LogP contribution in [0.5, 0.6) is 0 Å². The van der Waals surface area contributed by atoms with E-state index >= 15 is 0 Å². The topological polar surface area (TPSA) is 24.9 Å². The molecule has 0 aliphatic rings. The van der Waals surface area contributed by atoms with Crippen LogP contribution in [0.1, 0.15) is 39.7 Å². The smallest absolute Gasteiger partial charge is 0.115 e. The van der Waals surface area contributed by atoms with E-state index in [0.29, 0.717) is 0 Å². The third-order valence-corrected chi connectivity index (χ3v) is 4.47. The predicted molar refractivity (Wildman–Crippen MR) is 78.3 cm³/mol. The van der Waals surface area contributed by atoms with E-state index in [-0.39, 0.29) is 6.04 Å². The monoisotopic (exact) mass is 260 g/mol. The maximum Gasteiger partial charge on any atom is 0.115 e. The summed E-state index contributed by atoms with van der Waals surface area (Å²) >= 11 is 1.79. The summed E-state index contributed by atoms with van der Waals surface area (Å²) in [5.74, 6) is 0. The van der Waals surface area contributed by atoms with Gasteiger partial charge in [-0.1, -0.05) is 31.2 Å². The number of rotatable bonds is 4. The summed E-state index contributed by atoms with van der Waals surface area (Å²) in [5.41, 5.74) is 3.88. The maximum absolute atomic E-state index is 4.69. The lowest BCUT2D eigenvalue weighted by Crippen LogP contribution is -2.19. The highest BCUT2D eigenvalue weighted by Gasteiger charge is 2.18. The molecule has 0 amide bonds. The minimum atomic E-state index is 0.207. The van der Waals surface area contributed by atoms with E-state index in [9.17, 15) is 0 Å². The molecule has 0 aliphatic carbocycles. The van der Waals surface area contributed by atoms with Crippen molar-refractivity contribution in [3.63, 3.8) is 0 Å². The van der Waals surface area contributed by atoms with Crippen molar-refractivity contribution < 1.29 is 0 Å². The molecule has 0 saturated heterocycles. The maximum atomic E-state index is 4.69. The third kappa shape index (κ3) is 2.47. The summed E-state index contributed by atoms with van der Waals surface area (Å²) in [4.78, 5) is 5.99. The van der Waals surface area contributed by atoms with Crippen LogP contribution in [0.4, 0.5) is 0 Å². The number of thiazole rings is 1. The highest BCUT2D eigenvalue weighted by atomic mass is 32.1. The van der Waals surface area contributed by atoms with Crippen molar-refractivity contribution in [2.45, 2.75) is 33.2 Å². The van der Waals surface area contributed by atoms with E-state index in [2.05, 4.69) is 55.3 Å². The van der Waals surface area contributed by atoms with Crippen molar-refractivity contribution in [3.05, 3.63) is 51.0 Å². The quantitative estimate of drug-likeness (QED) is 0.908. The fourth-order valence-electron chi connectivity index (χ4n) is 2.17. The molecule has 3 heteroatoms. The van der Waals surface area contributed by atoms with Gasteiger partial charge in [0.15, 0.2) is 0 Å². The second-order valence-corrected chi connectivity index (χ2v) is 5.70. The van der Waals surface area contributed by atoms with Crippen LogP contribution in [-0.4, -0.2) is 12.0 Å². The van der Waals surface area contributed by atoms with Crippen LogP contribution in [-0.2, 0) is 6.42 Å². The Morgan fingerprint density at radius 3 is 2.56 bits per heavy atom. The lowest BCUT2D eigenvalue weighted by molar-refractivity contribution is 0.677. The highest BCUT2D eigenvalue weighted by Crippen LogP contribution is 2.29. The van der Waals surface area contributed by atoms with Gasteiger partial charge in [0.05, 0.1) is 11.7 Å². The number of aryl methyl sites for hydroxylation is 3. The van der Waals surface area contributed by atoms with E-state index in [1.807, 2.05) is 7.05 Å². The number of nitrogens with zero attached hydrogens (tertiary/aromatic N) is 1. The molecule has 0 spiro atoms. The van der Waals surface area contributed by atoms with Gasteiger partial charge in [-0.15, -0.1) is 11.3 Å². The van der Waals surface area contributed by atoms with Gasteiger partial charge in [0.1, 0.15) is 5.01 Å². The number of benzene rings is 1. The number of aromatic nitrogens is 1. The molecular formula is C15H20N2S. The second-order valence-electron chi connectivity index (χ2n) is 4.47. The molecule has 2 aromatic rings. The SMILES string of the molecule is CCc1ccccc1C(NC)c1nc(C)c(C)s1. The Labute approximate surface area is 113 Å². The van der Waals surface area contributed by atoms with Gasteiger partial charge in [0.25, 0.3) is 0 Å². The average Bonchev–Trinajstić information content (AvgIpc) is 2.71. The first-order valence-electron chi connectivity index (χ1n) is 6.36. The molecule has 18 heavy (non-hydrogen) atoms. The van der Waals surface area contributed by atoms with Crippen LogP contribution in [0.25, 0.3) is 0 Å². The van der Waals surface area contributed by atoms with Crippen LogP contribution in [0, 0.1) is 13.8 Å². The Morgan fingerprint density at radius 2 is 2.00 bits per heavy atom. The summed E-state index contributed by atoms with van der Waals surface area (Å²) in [6, 6.07) is 8.82. The fraction of sp³-hybridized carbons (Fsp3) is 0.400. The van der Waals surface area contributed by atoms with Gasteiger partial charge in [-0.25, -0.2) is 4.98 Å². The predicted octanol–water partition coefficient (Wildman–Crippen LogP) is 3.63. The lowest BCUT2D eigenvalue weighted by Gasteiger charge is -2.17. The average molecular weight is 260 g/mol. The van der Waals surface area contributed by atoms with Gasteiger partial charge >= 0.3 is 0 Å². The van der Waals surface area contributed by atoms with Gasteiger partial charge in [-0.3, -0.25) is 0 Å². The molecule has 1 aromatic heterocycles. The van der Waals surface area contributed by atoms with Gasteiger partial charge in [0, 0.05) is 4.88 Å². The van der Waals surface area contributed by atoms with Gasteiger partial charge in [-0.05, 0) is 38.4 Å². The molecular weight excluding hydrogens is 240 g/mol. The van der Waals surface area contributed by atoms with Gasteiger partial charge in [-0.2, -0.15) is 0 Å². The Morgan fingerprint density at radius 1 is 1.28 bits per heavy atom. The summed E-state index contributed by atoms with van der Waals surface area (Å²) in [6.07, 6.45) is 1.05. The fourth-order valence-corrected chi connectivity index (χ4v) is 3.22. The second kappa shape index (κ2) is 5.63. The molecule has 0 fully saturated rings. The zero-order valence-corrected chi connectivity index (χ0v) is 12.3. The summed E-state index contributed by atoms with van der Waals surface area (Å²) in [7, 11) is 2.00. The standard InChI is InChI=1S/C15H20N2S/c1-5-12-8-6-7-9-13(12)14(16-4)15-17-10(2)11(3)18-15/h6-9,14,16H,5H2,1-4H3. The first-order chi connectivity index (χ1) is 8.67. The van der Waals surface area contributed by atoms with Crippen LogP contribution in [0.15, 0.2) is 24.3 Å². The van der Waals surface area contributed by atoms with E-state index in [4.69, 9.17) is 0 Å². The van der Waals surface area contributed by atoms with E-state index in [1.54, 1.807) is 11.3 Å². The zero-order valence-electron chi connectivity index (χ0n) is 11.4. The lowest BCUT2D eigenvalue weighted by atomic mass is 9.99. The van der Waals surface area contributed by atoms with Crippen LogP contribution < -0.4 is 5.32 Å². The minimum absolute atomic E-state index is 0.207. The molecule has 0 radical (unpaired) electrons. The van der Waals surface area contributed by atoms with Crippen LogP contribution in [0.3, 0.4) is 0 Å². The zero-order chi connectivity index (χ0) is 13.1. The summed E-state index contributed by atoms with van der Waals surface area (Å²) in [5, 5.41) is 4.56. The molecule has 1 unspecified atom stereocenters. The highest BCUT2D eigenvalue weighted by molar-refractivity contribution is 7.11. The van der Waals surface area contributed by atoms with Crippen molar-refractivity contribution in [1.29, 1.82) is 0 Å². The van der Waals surface area contributed by atoms with Crippen LogP contribution >= 0.6 is 11.3 Å². The normalized spacial score (nSPS) is 12.7. The Kier molecular flexibility index (Phi) is 4.15. The minimum Gasteiger partial charge on any atom is -0.307 e. The molecule has 1 aromatic carbocycles. The molecule has 2 nitrogen and oxygen atoms in total. The van der Waals surface area contributed by atoms with E-state index in [0.717, 1.165) is 17.1 Å². The molecule has 0 bridgehead atoms. The Hall–Kier alpha value is -1.19. The third-order valence-electron chi connectivity index (χ3n) is 3.33. The largest absolute Gasteiger partial charge is 0.307 e. The van der Waals surface area contributed by atoms with Crippen molar-refractivity contribution in [1.82, 2.24) is 10.3 Å². The molecule has 1 atom stereocenters. The Bertz CT molecular complexity index is 512. The first-order valence-corrected chi connectivity index (χ1v) is 7.18. The van der Waals surface area contributed by atoms with Crippen LogP contribution in [0.2, 0.25) is 0 Å². The number of hydrogen-bond acceptors (Lipinski definition) is 3.